The van der Waals surface area contributed by atoms with Crippen molar-refractivity contribution < 1.29 is 0 Å². The highest BCUT2D eigenvalue weighted by molar-refractivity contribution is 4.91. The van der Waals surface area contributed by atoms with Gasteiger partial charge in [0.2, 0.25) is 0 Å². The average Bonchev–Trinajstić information content (AvgIpc) is 2.71. The molecule has 1 heterocycles. The summed E-state index contributed by atoms with van der Waals surface area (Å²) >= 11 is 0. The largest absolute Gasteiger partial charge is 0.317 e. The van der Waals surface area contributed by atoms with Crippen molar-refractivity contribution in [2.45, 2.75) is 59.0 Å². The zero-order valence-electron chi connectivity index (χ0n) is 11.8. The molecule has 1 N–H and O–H groups in total. The van der Waals surface area contributed by atoms with Crippen LogP contribution in [0.5, 0.6) is 0 Å². The normalized spacial score (nSPS) is 13.6. The molecule has 1 rings (SSSR count). The van der Waals surface area contributed by atoms with E-state index in [4.69, 9.17) is 0 Å². The molecule has 0 radical (unpaired) electrons. The highest BCUT2D eigenvalue weighted by Gasteiger charge is 2.14. The maximum Gasteiger partial charge on any atom is 0.138 e. The van der Waals surface area contributed by atoms with Gasteiger partial charge in [-0.25, -0.2) is 9.67 Å². The maximum atomic E-state index is 4.36. The van der Waals surface area contributed by atoms with E-state index in [0.717, 1.165) is 18.2 Å². The minimum absolute atomic E-state index is 0.384. The number of nitrogens with one attached hydrogen (secondary N) is 1. The van der Waals surface area contributed by atoms with Gasteiger partial charge in [0.15, 0.2) is 0 Å². The molecule has 1 atom stereocenters. The van der Waals surface area contributed by atoms with Crippen molar-refractivity contribution in [3.8, 4) is 0 Å². The Morgan fingerprint density at radius 1 is 1.24 bits per heavy atom. The molecule has 1 aromatic rings. The van der Waals surface area contributed by atoms with Crippen LogP contribution in [0.3, 0.4) is 0 Å². The van der Waals surface area contributed by atoms with Crippen molar-refractivity contribution in [3.05, 3.63) is 12.2 Å². The Hall–Kier alpha value is -0.900. The second kappa shape index (κ2) is 6.74. The van der Waals surface area contributed by atoms with Crippen LogP contribution in [-0.2, 0) is 6.42 Å². The maximum absolute atomic E-state index is 4.36. The Labute approximate surface area is 105 Å². The predicted octanol–water partition coefficient (Wildman–Crippen LogP) is 2.43. The van der Waals surface area contributed by atoms with E-state index in [-0.39, 0.29) is 0 Å². The van der Waals surface area contributed by atoms with Crippen molar-refractivity contribution in [1.29, 1.82) is 0 Å². The summed E-state index contributed by atoms with van der Waals surface area (Å²) in [5.74, 6) is 1.84. The van der Waals surface area contributed by atoms with Gasteiger partial charge < -0.3 is 5.32 Å². The number of hydrogen-bond acceptors (Lipinski definition) is 3. The summed E-state index contributed by atoms with van der Waals surface area (Å²) < 4.78 is 2.01. The third-order valence-corrected chi connectivity index (χ3v) is 3.07. The molecule has 1 unspecified atom stereocenters. The van der Waals surface area contributed by atoms with Crippen LogP contribution in [0.25, 0.3) is 0 Å². The van der Waals surface area contributed by atoms with Crippen molar-refractivity contribution in [2.24, 2.45) is 5.92 Å². The van der Waals surface area contributed by atoms with Crippen LogP contribution in [0.4, 0.5) is 0 Å². The topological polar surface area (TPSA) is 42.7 Å². The summed E-state index contributed by atoms with van der Waals surface area (Å²) in [6.07, 6.45) is 5.06. The number of hydrogen-bond donors (Lipinski definition) is 1. The molecule has 17 heavy (non-hydrogen) atoms. The molecule has 0 aliphatic carbocycles. The minimum atomic E-state index is 0.384. The first kappa shape index (κ1) is 14.2. The first-order valence-electron chi connectivity index (χ1n) is 6.60. The van der Waals surface area contributed by atoms with Crippen molar-refractivity contribution in [2.75, 3.05) is 7.05 Å². The summed E-state index contributed by atoms with van der Waals surface area (Å²) in [5.41, 5.74) is 0. The quantitative estimate of drug-likeness (QED) is 0.793. The van der Waals surface area contributed by atoms with E-state index in [1.54, 1.807) is 6.33 Å². The van der Waals surface area contributed by atoms with Gasteiger partial charge in [0.05, 0.1) is 0 Å². The highest BCUT2D eigenvalue weighted by atomic mass is 15.3. The van der Waals surface area contributed by atoms with Crippen molar-refractivity contribution in [3.63, 3.8) is 0 Å². The van der Waals surface area contributed by atoms with E-state index in [1.165, 1.54) is 12.8 Å². The Balaban J connectivity index is 2.57. The highest BCUT2D eigenvalue weighted by Crippen LogP contribution is 2.12. The van der Waals surface area contributed by atoms with E-state index >= 15 is 0 Å². The molecular weight excluding hydrogens is 212 g/mol. The van der Waals surface area contributed by atoms with Gasteiger partial charge in [-0.15, -0.1) is 0 Å². The van der Waals surface area contributed by atoms with Gasteiger partial charge in [-0.05, 0) is 39.7 Å². The SMILES string of the molecule is CNC(CCC(C)C)Cc1ncnn1C(C)C. The summed E-state index contributed by atoms with van der Waals surface area (Å²) in [6.45, 7) is 8.81. The number of rotatable bonds is 7. The summed E-state index contributed by atoms with van der Waals surface area (Å²) in [5, 5.41) is 7.66. The van der Waals surface area contributed by atoms with Crippen LogP contribution in [0.1, 0.15) is 52.4 Å². The fourth-order valence-corrected chi connectivity index (χ4v) is 1.95. The second-order valence-electron chi connectivity index (χ2n) is 5.38. The molecule has 0 bridgehead atoms. The Bertz CT molecular complexity index is 317. The monoisotopic (exact) mass is 238 g/mol. The van der Waals surface area contributed by atoms with E-state index in [0.29, 0.717) is 12.1 Å². The van der Waals surface area contributed by atoms with Crippen molar-refractivity contribution >= 4 is 0 Å². The molecule has 98 valence electrons. The molecular formula is C13H26N4. The van der Waals surface area contributed by atoms with Crippen LogP contribution in [-0.4, -0.2) is 27.9 Å². The van der Waals surface area contributed by atoms with Crippen molar-refractivity contribution in [1.82, 2.24) is 20.1 Å². The van der Waals surface area contributed by atoms with Gasteiger partial charge >= 0.3 is 0 Å². The van der Waals surface area contributed by atoms with E-state index in [2.05, 4.69) is 43.1 Å². The van der Waals surface area contributed by atoms with Crippen LogP contribution >= 0.6 is 0 Å². The number of nitrogens with zero attached hydrogens (tertiary/aromatic N) is 3. The molecule has 0 spiro atoms. The molecule has 0 aromatic carbocycles. The van der Waals surface area contributed by atoms with Crippen LogP contribution in [0, 0.1) is 5.92 Å². The smallest absolute Gasteiger partial charge is 0.138 e. The number of aromatic nitrogens is 3. The Kier molecular flexibility index (Phi) is 5.62. The third-order valence-electron chi connectivity index (χ3n) is 3.07. The predicted molar refractivity (Wildman–Crippen MR) is 71.0 cm³/mol. The Morgan fingerprint density at radius 2 is 1.94 bits per heavy atom. The average molecular weight is 238 g/mol. The van der Waals surface area contributed by atoms with E-state index < -0.39 is 0 Å². The van der Waals surface area contributed by atoms with Gasteiger partial charge in [-0.2, -0.15) is 5.10 Å². The first-order valence-corrected chi connectivity index (χ1v) is 6.60. The van der Waals surface area contributed by atoms with Crippen LogP contribution < -0.4 is 5.32 Å². The Morgan fingerprint density at radius 3 is 2.47 bits per heavy atom. The molecule has 4 heteroatoms. The molecule has 0 aliphatic rings. The lowest BCUT2D eigenvalue weighted by Crippen LogP contribution is -2.29. The standard InChI is InChI=1S/C13H26N4/c1-10(2)6-7-12(14-5)8-13-15-9-16-17(13)11(3)4/h9-12,14H,6-8H2,1-5H3. The van der Waals surface area contributed by atoms with Crippen LogP contribution in [0.15, 0.2) is 6.33 Å². The van der Waals surface area contributed by atoms with Crippen LogP contribution in [0.2, 0.25) is 0 Å². The lowest BCUT2D eigenvalue weighted by atomic mass is 10.0. The zero-order chi connectivity index (χ0) is 12.8. The fourth-order valence-electron chi connectivity index (χ4n) is 1.95. The molecule has 0 aliphatic heterocycles. The summed E-state index contributed by atoms with van der Waals surface area (Å²) in [7, 11) is 2.03. The molecule has 0 saturated heterocycles. The van der Waals surface area contributed by atoms with Gasteiger partial charge in [0, 0.05) is 18.5 Å². The van der Waals surface area contributed by atoms with E-state index in [9.17, 15) is 0 Å². The second-order valence-corrected chi connectivity index (χ2v) is 5.38. The summed E-state index contributed by atoms with van der Waals surface area (Å²) in [4.78, 5) is 4.36. The molecule has 1 aromatic heterocycles. The minimum Gasteiger partial charge on any atom is -0.317 e. The zero-order valence-corrected chi connectivity index (χ0v) is 11.8. The fraction of sp³-hybridized carbons (Fsp3) is 0.846. The van der Waals surface area contributed by atoms with Gasteiger partial charge in [0.25, 0.3) is 0 Å². The molecule has 0 fully saturated rings. The third kappa shape index (κ3) is 4.46. The van der Waals surface area contributed by atoms with E-state index in [1.807, 2.05) is 11.7 Å². The van der Waals surface area contributed by atoms with Gasteiger partial charge in [0.1, 0.15) is 12.2 Å². The molecule has 4 nitrogen and oxygen atoms in total. The molecule has 0 amide bonds. The van der Waals surface area contributed by atoms with Gasteiger partial charge in [-0.3, -0.25) is 0 Å². The number of likely N-dealkylation sites (N-methyl/N-ethyl adjacent to an activating group) is 1. The lowest BCUT2D eigenvalue weighted by molar-refractivity contribution is 0.425. The van der Waals surface area contributed by atoms with Gasteiger partial charge in [-0.1, -0.05) is 13.8 Å². The lowest BCUT2D eigenvalue weighted by Gasteiger charge is -2.18. The first-order chi connectivity index (χ1) is 8.04. The molecule has 0 saturated carbocycles. The summed E-state index contributed by atoms with van der Waals surface area (Å²) in [6, 6.07) is 0.884.